The molecule has 0 aromatic heterocycles. The van der Waals surface area contributed by atoms with Gasteiger partial charge in [-0.1, -0.05) is 22.0 Å². The number of hydrogen-bond acceptors (Lipinski definition) is 2. The summed E-state index contributed by atoms with van der Waals surface area (Å²) in [4.78, 5) is 11.3. The van der Waals surface area contributed by atoms with Crippen LogP contribution in [-0.4, -0.2) is 5.91 Å². The summed E-state index contributed by atoms with van der Waals surface area (Å²) in [5.74, 6) is -0.450. The standard InChI is InChI=1S/C10H11BrN2O/c11-7-2-1-6-3-4-10(13,9(12)14)8(6)5-7/h1-2,5H,3-4,13H2,(H2,12,14). The van der Waals surface area contributed by atoms with Crippen LogP contribution in [0.15, 0.2) is 22.7 Å². The number of aryl methyl sites for hydroxylation is 1. The molecule has 0 saturated heterocycles. The minimum Gasteiger partial charge on any atom is -0.368 e. The Labute approximate surface area is 90.6 Å². The van der Waals surface area contributed by atoms with Gasteiger partial charge in [-0.25, -0.2) is 0 Å². The van der Waals surface area contributed by atoms with Gasteiger partial charge in [-0.3, -0.25) is 4.79 Å². The van der Waals surface area contributed by atoms with E-state index in [0.29, 0.717) is 6.42 Å². The first-order valence-corrected chi connectivity index (χ1v) is 5.21. The molecule has 4 heteroatoms. The molecule has 1 aromatic rings. The second-order valence-electron chi connectivity index (χ2n) is 3.64. The van der Waals surface area contributed by atoms with Gasteiger partial charge in [0.1, 0.15) is 5.54 Å². The van der Waals surface area contributed by atoms with E-state index in [0.717, 1.165) is 22.0 Å². The maximum atomic E-state index is 11.3. The Morgan fingerprint density at radius 2 is 2.21 bits per heavy atom. The van der Waals surface area contributed by atoms with Crippen LogP contribution in [0.3, 0.4) is 0 Å². The topological polar surface area (TPSA) is 69.1 Å². The van der Waals surface area contributed by atoms with Crippen molar-refractivity contribution in [1.29, 1.82) is 0 Å². The summed E-state index contributed by atoms with van der Waals surface area (Å²) in [5.41, 5.74) is 12.3. The van der Waals surface area contributed by atoms with E-state index in [4.69, 9.17) is 11.5 Å². The summed E-state index contributed by atoms with van der Waals surface area (Å²) in [5, 5.41) is 0. The third kappa shape index (κ3) is 1.26. The van der Waals surface area contributed by atoms with Gasteiger partial charge in [-0.2, -0.15) is 0 Å². The van der Waals surface area contributed by atoms with Gasteiger partial charge in [0.15, 0.2) is 0 Å². The van der Waals surface area contributed by atoms with E-state index >= 15 is 0 Å². The molecule has 1 unspecified atom stereocenters. The number of rotatable bonds is 1. The lowest BCUT2D eigenvalue weighted by atomic mass is 9.92. The van der Waals surface area contributed by atoms with Crippen molar-refractivity contribution in [2.24, 2.45) is 11.5 Å². The Hall–Kier alpha value is -0.870. The lowest BCUT2D eigenvalue weighted by molar-refractivity contribution is -0.123. The number of halogens is 1. The van der Waals surface area contributed by atoms with Crippen molar-refractivity contribution in [3.05, 3.63) is 33.8 Å². The highest BCUT2D eigenvalue weighted by Crippen LogP contribution is 2.36. The van der Waals surface area contributed by atoms with Crippen molar-refractivity contribution in [2.45, 2.75) is 18.4 Å². The van der Waals surface area contributed by atoms with Gasteiger partial charge < -0.3 is 11.5 Å². The third-order valence-corrected chi connectivity index (χ3v) is 3.27. The number of nitrogens with two attached hydrogens (primary N) is 2. The van der Waals surface area contributed by atoms with E-state index in [-0.39, 0.29) is 0 Å². The van der Waals surface area contributed by atoms with Crippen molar-refractivity contribution in [1.82, 2.24) is 0 Å². The van der Waals surface area contributed by atoms with Gasteiger partial charge in [-0.15, -0.1) is 0 Å². The van der Waals surface area contributed by atoms with Crippen molar-refractivity contribution in [2.75, 3.05) is 0 Å². The average molecular weight is 255 g/mol. The molecular weight excluding hydrogens is 244 g/mol. The molecule has 0 radical (unpaired) electrons. The molecule has 0 heterocycles. The SMILES string of the molecule is NC(=O)C1(N)CCc2ccc(Br)cc21. The predicted octanol–water partition coefficient (Wildman–Crippen LogP) is 1.03. The Morgan fingerprint density at radius 1 is 1.50 bits per heavy atom. The van der Waals surface area contributed by atoms with Crippen LogP contribution in [0.5, 0.6) is 0 Å². The molecule has 0 saturated carbocycles. The maximum absolute atomic E-state index is 11.3. The van der Waals surface area contributed by atoms with Crippen molar-refractivity contribution in [3.8, 4) is 0 Å². The molecule has 1 aromatic carbocycles. The average Bonchev–Trinajstić information content (AvgIpc) is 2.46. The van der Waals surface area contributed by atoms with E-state index in [1.165, 1.54) is 0 Å². The molecule has 74 valence electrons. The number of carbonyl (C=O) groups is 1. The Balaban J connectivity index is 2.58. The summed E-state index contributed by atoms with van der Waals surface area (Å²) >= 11 is 3.36. The molecular formula is C10H11BrN2O. The zero-order chi connectivity index (χ0) is 10.3. The second kappa shape index (κ2) is 3.07. The van der Waals surface area contributed by atoms with Crippen LogP contribution >= 0.6 is 15.9 Å². The molecule has 4 N–H and O–H groups in total. The van der Waals surface area contributed by atoms with Crippen molar-refractivity contribution in [3.63, 3.8) is 0 Å². The first kappa shape index (κ1) is 9.68. The number of carbonyl (C=O) groups excluding carboxylic acids is 1. The third-order valence-electron chi connectivity index (χ3n) is 2.78. The normalized spacial score (nSPS) is 24.7. The fraction of sp³-hybridized carbons (Fsp3) is 0.300. The van der Waals surface area contributed by atoms with Gasteiger partial charge in [-0.05, 0) is 36.1 Å². The molecule has 0 fully saturated rings. The molecule has 1 aliphatic rings. The van der Waals surface area contributed by atoms with Crippen LogP contribution in [0.1, 0.15) is 17.5 Å². The number of fused-ring (bicyclic) bond motifs is 1. The zero-order valence-electron chi connectivity index (χ0n) is 7.59. The molecule has 2 rings (SSSR count). The molecule has 0 bridgehead atoms. The lowest BCUT2D eigenvalue weighted by Crippen LogP contribution is -2.47. The molecule has 1 aliphatic carbocycles. The Bertz CT molecular complexity index is 405. The smallest absolute Gasteiger partial charge is 0.242 e. The van der Waals surface area contributed by atoms with Gasteiger partial charge >= 0.3 is 0 Å². The van der Waals surface area contributed by atoms with Crippen LogP contribution < -0.4 is 11.5 Å². The summed E-state index contributed by atoms with van der Waals surface area (Å²) in [7, 11) is 0. The van der Waals surface area contributed by atoms with Crippen LogP contribution in [0, 0.1) is 0 Å². The predicted molar refractivity (Wildman–Crippen MR) is 57.5 cm³/mol. The fourth-order valence-corrected chi connectivity index (χ4v) is 2.27. The zero-order valence-corrected chi connectivity index (χ0v) is 9.17. The van der Waals surface area contributed by atoms with Crippen molar-refractivity contribution >= 4 is 21.8 Å². The lowest BCUT2D eigenvalue weighted by Gasteiger charge is -2.20. The van der Waals surface area contributed by atoms with E-state index in [1.54, 1.807) is 0 Å². The fourth-order valence-electron chi connectivity index (χ4n) is 1.90. The largest absolute Gasteiger partial charge is 0.368 e. The van der Waals surface area contributed by atoms with Gasteiger partial charge in [0, 0.05) is 4.47 Å². The number of benzene rings is 1. The first-order valence-electron chi connectivity index (χ1n) is 4.42. The number of amides is 1. The van der Waals surface area contributed by atoms with E-state index in [2.05, 4.69) is 15.9 Å². The van der Waals surface area contributed by atoms with Crippen molar-refractivity contribution < 1.29 is 4.79 Å². The van der Waals surface area contributed by atoms with Gasteiger partial charge in [0.2, 0.25) is 5.91 Å². The second-order valence-corrected chi connectivity index (χ2v) is 4.55. The minimum atomic E-state index is -0.973. The van der Waals surface area contributed by atoms with Crippen LogP contribution in [0.4, 0.5) is 0 Å². The highest BCUT2D eigenvalue weighted by atomic mass is 79.9. The molecule has 1 atom stereocenters. The van der Waals surface area contributed by atoms with Gasteiger partial charge in [0.25, 0.3) is 0 Å². The summed E-state index contributed by atoms with van der Waals surface area (Å²) < 4.78 is 0.925. The van der Waals surface area contributed by atoms with E-state index in [9.17, 15) is 4.79 Å². The Morgan fingerprint density at radius 3 is 2.86 bits per heavy atom. The van der Waals surface area contributed by atoms with Crippen LogP contribution in [0.25, 0.3) is 0 Å². The molecule has 3 nitrogen and oxygen atoms in total. The molecule has 0 aliphatic heterocycles. The number of hydrogen-bond donors (Lipinski definition) is 2. The first-order chi connectivity index (χ1) is 6.54. The molecule has 14 heavy (non-hydrogen) atoms. The van der Waals surface area contributed by atoms with Gasteiger partial charge in [0.05, 0.1) is 0 Å². The Kier molecular flexibility index (Phi) is 2.12. The minimum absolute atomic E-state index is 0.450. The quantitative estimate of drug-likeness (QED) is 0.787. The number of primary amides is 1. The monoisotopic (exact) mass is 254 g/mol. The summed E-state index contributed by atoms with van der Waals surface area (Å²) in [6.07, 6.45) is 1.43. The molecule has 0 spiro atoms. The molecule has 1 amide bonds. The van der Waals surface area contributed by atoms with Crippen LogP contribution in [0.2, 0.25) is 0 Å². The van der Waals surface area contributed by atoms with Crippen LogP contribution in [-0.2, 0) is 16.8 Å². The van der Waals surface area contributed by atoms with E-state index in [1.807, 2.05) is 18.2 Å². The maximum Gasteiger partial charge on any atom is 0.242 e. The summed E-state index contributed by atoms with van der Waals surface area (Å²) in [6.45, 7) is 0. The summed E-state index contributed by atoms with van der Waals surface area (Å²) in [6, 6.07) is 5.82. The highest BCUT2D eigenvalue weighted by Gasteiger charge is 2.40. The van der Waals surface area contributed by atoms with E-state index < -0.39 is 11.4 Å². The highest BCUT2D eigenvalue weighted by molar-refractivity contribution is 9.10.